The highest BCUT2D eigenvalue weighted by Gasteiger charge is 2.27. The quantitative estimate of drug-likeness (QED) is 0.685. The number of carboxylic acid groups (broad SMARTS) is 1. The number of carboxylic acids is 1. The molecule has 1 aromatic rings. The second kappa shape index (κ2) is 7.34. The van der Waals surface area contributed by atoms with E-state index < -0.39 is 17.8 Å². The first-order chi connectivity index (χ1) is 10.4. The molecule has 2 N–H and O–H groups in total. The van der Waals surface area contributed by atoms with E-state index in [0.29, 0.717) is 22.9 Å². The Kier molecular flexibility index (Phi) is 5.71. The van der Waals surface area contributed by atoms with Crippen molar-refractivity contribution in [2.24, 2.45) is 4.99 Å². The van der Waals surface area contributed by atoms with Crippen LogP contribution in [0.5, 0.6) is 5.75 Å². The fourth-order valence-corrected chi connectivity index (χ4v) is 3.71. The van der Waals surface area contributed by atoms with E-state index in [9.17, 15) is 14.3 Å². The molecule has 1 heterocycles. The Labute approximate surface area is 137 Å². The fraction of sp³-hybridized carbons (Fsp3) is 0.429. The molecule has 1 aliphatic rings. The number of halogens is 1. The number of phenols is 1. The molecule has 0 spiro atoms. The summed E-state index contributed by atoms with van der Waals surface area (Å²) in [6, 6.07) is 2.97. The Morgan fingerprint density at radius 1 is 1.64 bits per heavy atom. The lowest BCUT2D eigenvalue weighted by atomic mass is 10.2. The number of rotatable bonds is 6. The van der Waals surface area contributed by atoms with Crippen molar-refractivity contribution in [3.63, 3.8) is 0 Å². The van der Waals surface area contributed by atoms with Crippen LogP contribution in [-0.2, 0) is 4.79 Å². The molecule has 0 fully saturated rings. The third kappa shape index (κ3) is 3.93. The van der Waals surface area contributed by atoms with Crippen LogP contribution in [0.3, 0.4) is 0 Å². The van der Waals surface area contributed by atoms with Crippen LogP contribution >= 0.6 is 24.4 Å². The summed E-state index contributed by atoms with van der Waals surface area (Å²) in [5.41, 5.74) is 0.374. The van der Waals surface area contributed by atoms with Crippen LogP contribution < -0.4 is 0 Å². The monoisotopic (exact) mass is 344 g/mol. The summed E-state index contributed by atoms with van der Waals surface area (Å²) in [5, 5.41) is 19.5. The summed E-state index contributed by atoms with van der Waals surface area (Å²) < 4.78 is 13.3. The smallest absolute Gasteiger partial charge is 0.321 e. The fourth-order valence-electron chi connectivity index (χ4n) is 2.20. The summed E-state index contributed by atoms with van der Waals surface area (Å²) in [7, 11) is 1.72. The summed E-state index contributed by atoms with van der Waals surface area (Å²) in [6.07, 6.45) is 0. The summed E-state index contributed by atoms with van der Waals surface area (Å²) >= 11 is 5.48. The highest BCUT2D eigenvalue weighted by atomic mass is 32.2. The highest BCUT2D eigenvalue weighted by Crippen LogP contribution is 2.29. The van der Waals surface area contributed by atoms with E-state index in [-0.39, 0.29) is 17.5 Å². The van der Waals surface area contributed by atoms with Gasteiger partial charge in [0.05, 0.1) is 11.6 Å². The lowest BCUT2D eigenvalue weighted by Gasteiger charge is -2.24. The number of aliphatic carboxylic acids is 1. The number of aromatic hydroxyl groups is 1. The van der Waals surface area contributed by atoms with E-state index in [1.807, 2.05) is 0 Å². The van der Waals surface area contributed by atoms with Gasteiger partial charge in [-0.2, -0.15) is 12.6 Å². The number of carbonyl (C=O) groups is 1. The molecule has 22 heavy (non-hydrogen) atoms. The number of thiol groups is 1. The lowest BCUT2D eigenvalue weighted by Crippen LogP contribution is -2.43. The third-order valence-electron chi connectivity index (χ3n) is 3.39. The topological polar surface area (TPSA) is 73.1 Å². The molecule has 120 valence electrons. The van der Waals surface area contributed by atoms with E-state index in [4.69, 9.17) is 5.11 Å². The van der Waals surface area contributed by atoms with Gasteiger partial charge in [-0.25, -0.2) is 4.39 Å². The molecule has 1 aromatic carbocycles. The van der Waals surface area contributed by atoms with Gasteiger partial charge in [0.2, 0.25) is 0 Å². The molecule has 0 amide bonds. The van der Waals surface area contributed by atoms with Crippen molar-refractivity contribution < 1.29 is 19.4 Å². The molecule has 8 heteroatoms. The maximum absolute atomic E-state index is 13.3. The Morgan fingerprint density at radius 3 is 3.00 bits per heavy atom. The molecule has 2 rings (SSSR count). The molecule has 1 aliphatic heterocycles. The van der Waals surface area contributed by atoms with E-state index >= 15 is 0 Å². The van der Waals surface area contributed by atoms with Crippen LogP contribution in [0.1, 0.15) is 5.56 Å². The predicted octanol–water partition coefficient (Wildman–Crippen LogP) is 1.71. The second-order valence-electron chi connectivity index (χ2n) is 5.04. The second-order valence-corrected chi connectivity index (χ2v) is 6.41. The van der Waals surface area contributed by atoms with Crippen molar-refractivity contribution in [3.8, 4) is 5.75 Å². The van der Waals surface area contributed by atoms with E-state index in [1.54, 1.807) is 11.9 Å². The average Bonchev–Trinajstić information content (AvgIpc) is 2.90. The van der Waals surface area contributed by atoms with E-state index in [0.717, 1.165) is 0 Å². The molecule has 0 saturated carbocycles. The van der Waals surface area contributed by atoms with Gasteiger partial charge in [0.25, 0.3) is 0 Å². The van der Waals surface area contributed by atoms with Gasteiger partial charge in [-0.05, 0) is 25.2 Å². The molecule has 5 nitrogen and oxygen atoms in total. The predicted molar refractivity (Wildman–Crippen MR) is 88.8 cm³/mol. The minimum absolute atomic E-state index is 0.0135. The summed E-state index contributed by atoms with van der Waals surface area (Å²) in [4.78, 5) is 17.3. The maximum Gasteiger partial charge on any atom is 0.321 e. The molecule has 0 saturated heterocycles. The standard InChI is InChI=1S/C14H17FN2O3S2/c1-17(11(6-21)14(19)20)5-9-7-22-13(16-9)10-4-8(15)2-3-12(10)18/h2-4,9,11,18,21H,5-7H2,1H3,(H,19,20)/t9-,11+/m0/s1. The lowest BCUT2D eigenvalue weighted by molar-refractivity contribution is -0.141. The van der Waals surface area contributed by atoms with Crippen LogP contribution in [0.25, 0.3) is 0 Å². The zero-order valence-corrected chi connectivity index (χ0v) is 13.6. The number of aliphatic imine (C=N–C) groups is 1. The Bertz CT molecular complexity index is 597. The molecule has 0 aromatic heterocycles. The number of hydrogen-bond acceptors (Lipinski definition) is 6. The SMILES string of the molecule is CN(C[C@H]1CSC(c2cc(F)ccc2O)=N1)[C@H](CS)C(=O)O. The van der Waals surface area contributed by atoms with Crippen molar-refractivity contribution in [1.29, 1.82) is 0 Å². The van der Waals surface area contributed by atoms with Gasteiger partial charge in [0.1, 0.15) is 22.7 Å². The van der Waals surface area contributed by atoms with Crippen molar-refractivity contribution in [2.75, 3.05) is 25.1 Å². The molecule has 0 aliphatic carbocycles. The average molecular weight is 344 g/mol. The molecular weight excluding hydrogens is 327 g/mol. The Hall–Kier alpha value is -1.25. The minimum atomic E-state index is -0.921. The van der Waals surface area contributed by atoms with Crippen molar-refractivity contribution in [1.82, 2.24) is 4.90 Å². The number of benzene rings is 1. The maximum atomic E-state index is 13.3. The minimum Gasteiger partial charge on any atom is -0.507 e. The van der Waals surface area contributed by atoms with Gasteiger partial charge in [0, 0.05) is 18.1 Å². The van der Waals surface area contributed by atoms with Crippen LogP contribution in [0.2, 0.25) is 0 Å². The van der Waals surface area contributed by atoms with Crippen LogP contribution in [0.4, 0.5) is 4.39 Å². The van der Waals surface area contributed by atoms with Crippen molar-refractivity contribution >= 4 is 35.4 Å². The molecule has 0 radical (unpaired) electrons. The zero-order chi connectivity index (χ0) is 16.3. The van der Waals surface area contributed by atoms with Gasteiger partial charge in [0.15, 0.2) is 0 Å². The first-order valence-electron chi connectivity index (χ1n) is 6.65. The number of hydrogen-bond donors (Lipinski definition) is 3. The van der Waals surface area contributed by atoms with E-state index in [2.05, 4.69) is 17.6 Å². The van der Waals surface area contributed by atoms with E-state index in [1.165, 1.54) is 30.0 Å². The van der Waals surface area contributed by atoms with Gasteiger partial charge in [-0.1, -0.05) is 0 Å². The summed E-state index contributed by atoms with van der Waals surface area (Å²) in [5.74, 6) is -0.491. The van der Waals surface area contributed by atoms with Gasteiger partial charge in [-0.3, -0.25) is 14.7 Å². The zero-order valence-electron chi connectivity index (χ0n) is 11.9. The van der Waals surface area contributed by atoms with Crippen molar-refractivity contribution in [2.45, 2.75) is 12.1 Å². The molecule has 0 bridgehead atoms. The van der Waals surface area contributed by atoms with Gasteiger partial charge < -0.3 is 10.2 Å². The van der Waals surface area contributed by atoms with Crippen molar-refractivity contribution in [3.05, 3.63) is 29.6 Å². The number of thioether (sulfide) groups is 1. The number of nitrogens with zero attached hydrogens (tertiary/aromatic N) is 2. The summed E-state index contributed by atoms with van der Waals surface area (Å²) in [6.45, 7) is 0.462. The first-order valence-corrected chi connectivity index (χ1v) is 8.27. The normalized spacial score (nSPS) is 19.3. The Morgan fingerprint density at radius 2 is 2.36 bits per heavy atom. The molecule has 0 unspecified atom stereocenters. The first kappa shape index (κ1) is 17.1. The van der Waals surface area contributed by atoms with Crippen LogP contribution in [0, 0.1) is 5.82 Å². The van der Waals surface area contributed by atoms with Gasteiger partial charge in [-0.15, -0.1) is 11.8 Å². The third-order valence-corrected chi connectivity index (χ3v) is 4.89. The van der Waals surface area contributed by atoms with Gasteiger partial charge >= 0.3 is 5.97 Å². The number of likely N-dealkylation sites (N-methyl/N-ethyl adjacent to an activating group) is 1. The van der Waals surface area contributed by atoms with Crippen LogP contribution in [0.15, 0.2) is 23.2 Å². The Balaban J connectivity index is 2.09. The highest BCUT2D eigenvalue weighted by molar-refractivity contribution is 8.14. The number of phenolic OH excluding ortho intramolecular Hbond substituents is 1. The molecule has 2 atom stereocenters. The molecular formula is C14H17FN2O3S2. The van der Waals surface area contributed by atoms with Crippen LogP contribution in [-0.4, -0.2) is 63.3 Å². The largest absolute Gasteiger partial charge is 0.507 e.